The summed E-state index contributed by atoms with van der Waals surface area (Å²) in [5.41, 5.74) is 2.09. The number of aryl methyl sites for hydroxylation is 2. The molecule has 0 saturated heterocycles. The lowest BCUT2D eigenvalue weighted by Crippen LogP contribution is -2.23. The van der Waals surface area contributed by atoms with Gasteiger partial charge in [0.1, 0.15) is 5.78 Å². The Labute approximate surface area is 138 Å². The van der Waals surface area contributed by atoms with Crippen LogP contribution in [-0.2, 0) is 33.8 Å². The normalized spacial score (nSPS) is 11.2. The maximum atomic E-state index is 12.3. The lowest BCUT2D eigenvalue weighted by molar-refractivity contribution is -0.171. The Bertz CT molecular complexity index is 588. The SMILES string of the molecule is CC(=O)CCc1cc(CCC(=O)C(F)(F)F)cc(CNC(C)=O)c1. The fourth-order valence-electron chi connectivity index (χ4n) is 2.18. The first-order valence-electron chi connectivity index (χ1n) is 7.53. The summed E-state index contributed by atoms with van der Waals surface area (Å²) in [6.07, 6.45) is -4.71. The highest BCUT2D eigenvalue weighted by molar-refractivity contribution is 5.84. The summed E-state index contributed by atoms with van der Waals surface area (Å²) in [7, 11) is 0. The molecule has 0 saturated carbocycles. The molecule has 7 heteroatoms. The highest BCUT2D eigenvalue weighted by atomic mass is 19.4. The van der Waals surface area contributed by atoms with Gasteiger partial charge < -0.3 is 10.1 Å². The highest BCUT2D eigenvalue weighted by Gasteiger charge is 2.37. The van der Waals surface area contributed by atoms with E-state index in [1.54, 1.807) is 18.2 Å². The predicted molar refractivity (Wildman–Crippen MR) is 82.3 cm³/mol. The number of nitrogens with one attached hydrogen (secondary N) is 1. The standard InChI is InChI=1S/C17H20F3NO3/c1-11(22)3-4-13-7-14(5-6-16(24)17(18,19)20)9-15(8-13)10-21-12(2)23/h7-9H,3-6,10H2,1-2H3,(H,21,23). The molecule has 0 unspecified atom stereocenters. The topological polar surface area (TPSA) is 63.2 Å². The fraction of sp³-hybridized carbons (Fsp3) is 0.471. The van der Waals surface area contributed by atoms with Crippen molar-refractivity contribution in [2.75, 3.05) is 0 Å². The van der Waals surface area contributed by atoms with Crippen LogP contribution >= 0.6 is 0 Å². The Morgan fingerprint density at radius 1 is 0.917 bits per heavy atom. The molecule has 0 aromatic heterocycles. The van der Waals surface area contributed by atoms with Crippen LogP contribution in [0.15, 0.2) is 18.2 Å². The maximum Gasteiger partial charge on any atom is 0.449 e. The van der Waals surface area contributed by atoms with Crippen molar-refractivity contribution in [3.05, 3.63) is 34.9 Å². The van der Waals surface area contributed by atoms with Gasteiger partial charge in [-0.05, 0) is 36.5 Å². The Balaban J connectivity index is 2.89. The summed E-state index contributed by atoms with van der Waals surface area (Å²) in [5, 5.41) is 2.62. The van der Waals surface area contributed by atoms with E-state index in [0.717, 1.165) is 11.1 Å². The number of hydrogen-bond acceptors (Lipinski definition) is 3. The lowest BCUT2D eigenvalue weighted by Gasteiger charge is -2.11. The molecule has 0 radical (unpaired) electrons. The summed E-state index contributed by atoms with van der Waals surface area (Å²) >= 11 is 0. The van der Waals surface area contributed by atoms with Crippen LogP contribution in [0.4, 0.5) is 13.2 Å². The number of rotatable bonds is 8. The van der Waals surface area contributed by atoms with E-state index in [1.165, 1.54) is 13.8 Å². The number of alkyl halides is 3. The number of Topliss-reactive ketones (excluding diaryl/α,β-unsaturated/α-hetero) is 2. The molecule has 1 amide bonds. The van der Waals surface area contributed by atoms with Crippen LogP contribution in [0.5, 0.6) is 0 Å². The molecule has 0 spiro atoms. The summed E-state index contributed by atoms with van der Waals surface area (Å²) in [6.45, 7) is 3.07. The van der Waals surface area contributed by atoms with Gasteiger partial charge in [-0.25, -0.2) is 0 Å². The average molecular weight is 343 g/mol. The number of carbonyl (C=O) groups is 3. The molecule has 1 N–H and O–H groups in total. The number of carbonyl (C=O) groups excluding carboxylic acids is 3. The minimum atomic E-state index is -4.83. The highest BCUT2D eigenvalue weighted by Crippen LogP contribution is 2.20. The number of halogens is 3. The van der Waals surface area contributed by atoms with Gasteiger partial charge in [0.2, 0.25) is 11.7 Å². The molecule has 0 aliphatic carbocycles. The van der Waals surface area contributed by atoms with Crippen molar-refractivity contribution in [3.63, 3.8) is 0 Å². The van der Waals surface area contributed by atoms with Gasteiger partial charge in [-0.3, -0.25) is 9.59 Å². The van der Waals surface area contributed by atoms with E-state index in [-0.39, 0.29) is 24.7 Å². The van der Waals surface area contributed by atoms with Crippen molar-refractivity contribution in [2.24, 2.45) is 0 Å². The monoisotopic (exact) mass is 343 g/mol. The molecule has 132 valence electrons. The largest absolute Gasteiger partial charge is 0.449 e. The lowest BCUT2D eigenvalue weighted by atomic mass is 9.98. The van der Waals surface area contributed by atoms with Gasteiger partial charge in [-0.1, -0.05) is 18.2 Å². The van der Waals surface area contributed by atoms with Crippen LogP contribution in [0.25, 0.3) is 0 Å². The fourth-order valence-corrected chi connectivity index (χ4v) is 2.18. The van der Waals surface area contributed by atoms with Gasteiger partial charge in [0.05, 0.1) is 0 Å². The third-order valence-electron chi connectivity index (χ3n) is 3.38. The van der Waals surface area contributed by atoms with E-state index in [0.29, 0.717) is 18.4 Å². The summed E-state index contributed by atoms with van der Waals surface area (Å²) in [5.74, 6) is -1.98. The Kier molecular flexibility index (Phi) is 7.13. The van der Waals surface area contributed by atoms with Crippen LogP contribution in [0.3, 0.4) is 0 Å². The zero-order valence-electron chi connectivity index (χ0n) is 13.6. The third kappa shape index (κ3) is 7.39. The molecular formula is C17H20F3NO3. The van der Waals surface area contributed by atoms with Crippen molar-refractivity contribution in [3.8, 4) is 0 Å². The van der Waals surface area contributed by atoms with Gasteiger partial charge in [-0.2, -0.15) is 13.2 Å². The first-order chi connectivity index (χ1) is 11.1. The summed E-state index contributed by atoms with van der Waals surface area (Å²) in [4.78, 5) is 33.1. The molecule has 4 nitrogen and oxygen atoms in total. The minimum Gasteiger partial charge on any atom is -0.352 e. The molecule has 1 aromatic carbocycles. The predicted octanol–water partition coefficient (Wildman–Crippen LogP) is 2.91. The van der Waals surface area contributed by atoms with Crippen molar-refractivity contribution < 1.29 is 27.6 Å². The maximum absolute atomic E-state index is 12.3. The number of amides is 1. The second kappa shape index (κ2) is 8.61. The summed E-state index contributed by atoms with van der Waals surface area (Å²) < 4.78 is 36.9. The zero-order valence-corrected chi connectivity index (χ0v) is 13.6. The van der Waals surface area contributed by atoms with Crippen LogP contribution in [0.1, 0.15) is 43.4 Å². The Morgan fingerprint density at radius 3 is 1.88 bits per heavy atom. The Hall–Kier alpha value is -2.18. The number of ketones is 2. The van der Waals surface area contributed by atoms with E-state index < -0.39 is 18.4 Å². The Morgan fingerprint density at radius 2 is 1.42 bits per heavy atom. The first kappa shape index (κ1) is 19.9. The van der Waals surface area contributed by atoms with Crippen LogP contribution in [0.2, 0.25) is 0 Å². The molecule has 1 aromatic rings. The van der Waals surface area contributed by atoms with Gasteiger partial charge >= 0.3 is 6.18 Å². The zero-order chi connectivity index (χ0) is 18.3. The molecular weight excluding hydrogens is 323 g/mol. The van der Waals surface area contributed by atoms with E-state index in [2.05, 4.69) is 5.32 Å². The summed E-state index contributed by atoms with van der Waals surface area (Å²) in [6, 6.07) is 5.16. The minimum absolute atomic E-state index is 0.0102. The number of benzene rings is 1. The molecule has 0 aliphatic rings. The van der Waals surface area contributed by atoms with Crippen molar-refractivity contribution in [2.45, 2.75) is 52.3 Å². The third-order valence-corrected chi connectivity index (χ3v) is 3.38. The van der Waals surface area contributed by atoms with E-state index in [4.69, 9.17) is 0 Å². The van der Waals surface area contributed by atoms with Crippen LogP contribution in [0, 0.1) is 0 Å². The average Bonchev–Trinajstić information content (AvgIpc) is 2.47. The van der Waals surface area contributed by atoms with Crippen molar-refractivity contribution in [1.82, 2.24) is 5.32 Å². The van der Waals surface area contributed by atoms with Crippen LogP contribution in [-0.4, -0.2) is 23.6 Å². The van der Waals surface area contributed by atoms with E-state index >= 15 is 0 Å². The van der Waals surface area contributed by atoms with Gasteiger partial charge in [0.15, 0.2) is 0 Å². The smallest absolute Gasteiger partial charge is 0.352 e. The van der Waals surface area contributed by atoms with E-state index in [1.807, 2.05) is 0 Å². The van der Waals surface area contributed by atoms with E-state index in [9.17, 15) is 27.6 Å². The quantitative estimate of drug-likeness (QED) is 0.789. The van der Waals surface area contributed by atoms with Gasteiger partial charge in [0.25, 0.3) is 0 Å². The van der Waals surface area contributed by atoms with Crippen molar-refractivity contribution in [1.29, 1.82) is 0 Å². The molecule has 0 heterocycles. The molecule has 0 bridgehead atoms. The number of hydrogen-bond donors (Lipinski definition) is 1. The second-order valence-electron chi connectivity index (χ2n) is 5.69. The molecule has 0 atom stereocenters. The molecule has 0 aliphatic heterocycles. The van der Waals surface area contributed by atoms with Crippen LogP contribution < -0.4 is 5.32 Å². The molecule has 0 fully saturated rings. The first-order valence-corrected chi connectivity index (χ1v) is 7.53. The molecule has 1 rings (SSSR count). The van der Waals surface area contributed by atoms with Gasteiger partial charge in [0, 0.05) is 26.3 Å². The second-order valence-corrected chi connectivity index (χ2v) is 5.69. The van der Waals surface area contributed by atoms with Crippen molar-refractivity contribution >= 4 is 17.5 Å². The molecule has 24 heavy (non-hydrogen) atoms. The van der Waals surface area contributed by atoms with Gasteiger partial charge in [-0.15, -0.1) is 0 Å².